The van der Waals surface area contributed by atoms with Crippen molar-refractivity contribution in [3.63, 3.8) is 0 Å². The molecule has 1 saturated carbocycles. The Labute approximate surface area is 137 Å². The Hall–Kier alpha value is -1.90. The molecule has 3 heteroatoms. The maximum absolute atomic E-state index is 12.8. The second kappa shape index (κ2) is 5.63. The third-order valence-electron chi connectivity index (χ3n) is 5.49. The van der Waals surface area contributed by atoms with Crippen molar-refractivity contribution >= 4 is 11.8 Å². The third kappa shape index (κ3) is 2.52. The summed E-state index contributed by atoms with van der Waals surface area (Å²) in [4.78, 5) is 25.2. The van der Waals surface area contributed by atoms with Gasteiger partial charge in [-0.2, -0.15) is 0 Å². The fraction of sp³-hybridized carbons (Fsp3) is 0.500. The maximum atomic E-state index is 12.8. The van der Waals surface area contributed by atoms with Crippen LogP contribution in [0.4, 0.5) is 0 Å². The first-order chi connectivity index (χ1) is 10.8. The Balaban J connectivity index is 2.17. The number of ketones is 1. The van der Waals surface area contributed by atoms with Gasteiger partial charge in [0, 0.05) is 23.0 Å². The van der Waals surface area contributed by atoms with Crippen LogP contribution in [0.25, 0.3) is 0 Å². The van der Waals surface area contributed by atoms with Crippen molar-refractivity contribution < 1.29 is 14.3 Å². The van der Waals surface area contributed by atoms with E-state index in [1.165, 1.54) is 0 Å². The number of hydrogen-bond acceptors (Lipinski definition) is 3. The van der Waals surface area contributed by atoms with E-state index >= 15 is 0 Å². The number of Topliss-reactive ketones (excluding diaryl/α,β-unsaturated/α-hetero) is 1. The highest BCUT2D eigenvalue weighted by atomic mass is 16.5. The number of esters is 1. The van der Waals surface area contributed by atoms with Gasteiger partial charge in [-0.3, -0.25) is 4.79 Å². The van der Waals surface area contributed by atoms with Crippen molar-refractivity contribution in [2.24, 2.45) is 23.7 Å². The van der Waals surface area contributed by atoms with E-state index in [-0.39, 0.29) is 35.4 Å². The minimum Gasteiger partial charge on any atom is -0.428 e. The molecule has 0 spiro atoms. The second-order valence-electron chi connectivity index (χ2n) is 7.23. The number of hydrogen-bond donors (Lipinski definition) is 0. The van der Waals surface area contributed by atoms with Gasteiger partial charge in [0.05, 0.1) is 0 Å². The molecular formula is C20H24O3. The topological polar surface area (TPSA) is 43.4 Å². The summed E-state index contributed by atoms with van der Waals surface area (Å²) in [5, 5.41) is 0. The first-order valence-electron chi connectivity index (χ1n) is 8.32. The molecule has 0 saturated heterocycles. The summed E-state index contributed by atoms with van der Waals surface area (Å²) in [6.07, 6.45) is 4.35. The molecular weight excluding hydrogens is 288 g/mol. The highest BCUT2D eigenvalue weighted by Crippen LogP contribution is 2.50. The van der Waals surface area contributed by atoms with Crippen LogP contribution in [0.5, 0.6) is 0 Å². The molecule has 1 fully saturated rings. The summed E-state index contributed by atoms with van der Waals surface area (Å²) in [5.74, 6) is 0.490. The molecule has 1 aliphatic heterocycles. The SMILES string of the molecule is C=C1CC[C@@H](C(=C)C)[C@@H]2C=C(C)OC(=O)C3=C(C(=O)[C@H](C)C3)[C@@H]12. The van der Waals surface area contributed by atoms with Crippen molar-refractivity contribution in [3.05, 3.63) is 47.3 Å². The molecule has 3 aliphatic rings. The Morgan fingerprint density at radius 3 is 2.70 bits per heavy atom. The molecule has 0 unspecified atom stereocenters. The van der Waals surface area contributed by atoms with E-state index in [4.69, 9.17) is 4.74 Å². The van der Waals surface area contributed by atoms with Crippen LogP contribution >= 0.6 is 0 Å². The standard InChI is InChI=1S/C20H24O3/c1-10(2)14-7-6-11(3)17-15(14)9-13(5)23-20(22)16-8-12(4)19(21)18(16)17/h9,12,14-15,17H,1,3,6-8H2,2,4-5H3/t12-,14+,15+,17+/m1/s1. The number of fused-ring (bicyclic) bond motifs is 2. The van der Waals surface area contributed by atoms with Crippen LogP contribution in [0.15, 0.2) is 47.3 Å². The van der Waals surface area contributed by atoms with Gasteiger partial charge < -0.3 is 4.74 Å². The lowest BCUT2D eigenvalue weighted by molar-refractivity contribution is -0.135. The molecule has 0 N–H and O–H groups in total. The molecule has 0 amide bonds. The Kier molecular flexibility index (Phi) is 3.91. The average molecular weight is 312 g/mol. The Morgan fingerprint density at radius 2 is 2.04 bits per heavy atom. The number of carbonyl (C=O) groups excluding carboxylic acids is 2. The molecule has 122 valence electrons. The summed E-state index contributed by atoms with van der Waals surface area (Å²) < 4.78 is 5.47. The lowest BCUT2D eigenvalue weighted by atomic mass is 9.64. The molecule has 0 aromatic rings. The molecule has 3 rings (SSSR count). The van der Waals surface area contributed by atoms with Crippen LogP contribution in [0, 0.1) is 23.7 Å². The van der Waals surface area contributed by atoms with Gasteiger partial charge >= 0.3 is 5.97 Å². The van der Waals surface area contributed by atoms with Crippen LogP contribution in [-0.4, -0.2) is 11.8 Å². The Morgan fingerprint density at radius 1 is 1.35 bits per heavy atom. The number of carbonyl (C=O) groups is 2. The zero-order valence-electron chi connectivity index (χ0n) is 14.1. The highest BCUT2D eigenvalue weighted by Gasteiger charge is 2.46. The van der Waals surface area contributed by atoms with E-state index in [2.05, 4.69) is 13.2 Å². The molecule has 0 aromatic carbocycles. The predicted molar refractivity (Wildman–Crippen MR) is 89.3 cm³/mol. The zero-order valence-corrected chi connectivity index (χ0v) is 14.1. The van der Waals surface area contributed by atoms with Gasteiger partial charge in [0.1, 0.15) is 5.76 Å². The smallest absolute Gasteiger partial charge is 0.339 e. The predicted octanol–water partition coefficient (Wildman–Crippen LogP) is 4.13. The van der Waals surface area contributed by atoms with Gasteiger partial charge in [-0.15, -0.1) is 0 Å². The van der Waals surface area contributed by atoms with Gasteiger partial charge in [-0.05, 0) is 51.0 Å². The lowest BCUT2D eigenvalue weighted by Gasteiger charge is -2.40. The minimum atomic E-state index is -0.366. The summed E-state index contributed by atoms with van der Waals surface area (Å²) in [7, 11) is 0. The van der Waals surface area contributed by atoms with Crippen LogP contribution in [0.3, 0.4) is 0 Å². The molecule has 0 radical (unpaired) electrons. The zero-order chi connectivity index (χ0) is 16.9. The molecule has 0 aromatic heterocycles. The summed E-state index contributed by atoms with van der Waals surface area (Å²) in [6.45, 7) is 14.1. The van der Waals surface area contributed by atoms with Crippen molar-refractivity contribution in [3.8, 4) is 0 Å². The van der Waals surface area contributed by atoms with E-state index in [1.54, 1.807) is 0 Å². The van der Waals surface area contributed by atoms with Gasteiger partial charge in [0.2, 0.25) is 0 Å². The lowest BCUT2D eigenvalue weighted by Crippen LogP contribution is -2.34. The van der Waals surface area contributed by atoms with E-state index in [0.717, 1.165) is 24.0 Å². The molecule has 4 atom stereocenters. The van der Waals surface area contributed by atoms with Gasteiger partial charge in [-0.1, -0.05) is 31.2 Å². The van der Waals surface area contributed by atoms with Gasteiger partial charge in [0.15, 0.2) is 5.78 Å². The first-order valence-corrected chi connectivity index (χ1v) is 8.32. The van der Waals surface area contributed by atoms with Crippen molar-refractivity contribution in [1.29, 1.82) is 0 Å². The molecule has 0 bridgehead atoms. The normalized spacial score (nSPS) is 34.2. The maximum Gasteiger partial charge on any atom is 0.339 e. The van der Waals surface area contributed by atoms with Crippen molar-refractivity contribution in [2.45, 2.75) is 40.0 Å². The third-order valence-corrected chi connectivity index (χ3v) is 5.49. The largest absolute Gasteiger partial charge is 0.428 e. The summed E-state index contributed by atoms with van der Waals surface area (Å²) in [5.41, 5.74) is 3.39. The molecule has 23 heavy (non-hydrogen) atoms. The number of rotatable bonds is 1. The van der Waals surface area contributed by atoms with E-state index in [9.17, 15) is 9.59 Å². The minimum absolute atomic E-state index is 0.0827. The first kappa shape index (κ1) is 16.0. The molecule has 3 nitrogen and oxygen atoms in total. The van der Waals surface area contributed by atoms with E-state index < -0.39 is 0 Å². The fourth-order valence-electron chi connectivity index (χ4n) is 4.35. The monoisotopic (exact) mass is 312 g/mol. The van der Waals surface area contributed by atoms with Crippen LogP contribution in [0.1, 0.15) is 40.0 Å². The molecule has 1 heterocycles. The quantitative estimate of drug-likeness (QED) is 0.540. The second-order valence-corrected chi connectivity index (χ2v) is 7.23. The number of ether oxygens (including phenoxy) is 1. The highest BCUT2D eigenvalue weighted by molar-refractivity contribution is 6.09. The average Bonchev–Trinajstić information content (AvgIpc) is 2.74. The number of allylic oxidation sites excluding steroid dienone is 5. The van der Waals surface area contributed by atoms with Gasteiger partial charge in [-0.25, -0.2) is 4.79 Å². The van der Waals surface area contributed by atoms with Crippen LogP contribution in [0.2, 0.25) is 0 Å². The van der Waals surface area contributed by atoms with E-state index in [0.29, 0.717) is 23.3 Å². The van der Waals surface area contributed by atoms with Crippen molar-refractivity contribution in [1.82, 2.24) is 0 Å². The summed E-state index contributed by atoms with van der Waals surface area (Å²) >= 11 is 0. The molecule has 2 aliphatic carbocycles. The van der Waals surface area contributed by atoms with Crippen LogP contribution < -0.4 is 0 Å². The number of cyclic esters (lactones) is 1. The van der Waals surface area contributed by atoms with E-state index in [1.807, 2.05) is 26.8 Å². The van der Waals surface area contributed by atoms with Gasteiger partial charge in [0.25, 0.3) is 0 Å². The van der Waals surface area contributed by atoms with Crippen molar-refractivity contribution in [2.75, 3.05) is 0 Å². The fourth-order valence-corrected chi connectivity index (χ4v) is 4.35. The van der Waals surface area contributed by atoms with Crippen LogP contribution in [-0.2, 0) is 14.3 Å². The Bertz CT molecular complexity index is 677. The summed E-state index contributed by atoms with van der Waals surface area (Å²) in [6, 6.07) is 0.